The summed E-state index contributed by atoms with van der Waals surface area (Å²) >= 11 is 0. The molecule has 17 heavy (non-hydrogen) atoms. The highest BCUT2D eigenvalue weighted by Gasteiger charge is 2.16. The number of benzene rings is 1. The van der Waals surface area contributed by atoms with Gasteiger partial charge in [0, 0.05) is 11.6 Å². The van der Waals surface area contributed by atoms with Gasteiger partial charge in [0.15, 0.2) is 9.84 Å². The second-order valence-electron chi connectivity index (χ2n) is 4.09. The van der Waals surface area contributed by atoms with Crippen LogP contribution in [0.1, 0.15) is 18.9 Å². The van der Waals surface area contributed by atoms with Crippen molar-refractivity contribution in [3.05, 3.63) is 35.4 Å². The highest BCUT2D eigenvalue weighted by molar-refractivity contribution is 7.90. The van der Waals surface area contributed by atoms with Crippen molar-refractivity contribution in [2.24, 2.45) is 5.73 Å². The first-order chi connectivity index (χ1) is 7.80. The van der Waals surface area contributed by atoms with E-state index in [1.54, 1.807) is 6.92 Å². The Morgan fingerprint density at radius 1 is 1.35 bits per heavy atom. The minimum absolute atomic E-state index is 0.124. The Bertz CT molecular complexity index is 486. The average molecular weight is 263 g/mol. The molecule has 0 aromatic heterocycles. The highest BCUT2D eigenvalue weighted by atomic mass is 32.2. The molecule has 0 saturated heterocycles. The van der Waals surface area contributed by atoms with Crippen molar-refractivity contribution in [1.29, 1.82) is 0 Å². The van der Waals surface area contributed by atoms with Crippen molar-refractivity contribution in [1.82, 2.24) is 0 Å². The van der Waals surface area contributed by atoms with Crippen LogP contribution in [0.2, 0.25) is 0 Å². The Morgan fingerprint density at radius 3 is 2.59 bits per heavy atom. The van der Waals surface area contributed by atoms with Gasteiger partial charge >= 0.3 is 0 Å². The molecule has 3 nitrogen and oxygen atoms in total. The van der Waals surface area contributed by atoms with E-state index in [-0.39, 0.29) is 17.4 Å². The molecule has 0 bridgehead atoms. The van der Waals surface area contributed by atoms with Crippen LogP contribution in [-0.4, -0.2) is 20.2 Å². The minimum atomic E-state index is -3.46. The lowest BCUT2D eigenvalue weighted by atomic mass is 10.2. The van der Waals surface area contributed by atoms with Gasteiger partial charge in [0.25, 0.3) is 0 Å². The third-order valence-corrected chi connectivity index (χ3v) is 3.88. The molecule has 96 valence electrons. The zero-order valence-corrected chi connectivity index (χ0v) is 10.3. The van der Waals surface area contributed by atoms with E-state index in [1.807, 2.05) is 0 Å². The predicted molar refractivity (Wildman–Crippen MR) is 62.1 cm³/mol. The first-order valence-electron chi connectivity index (χ1n) is 5.20. The molecule has 0 aliphatic rings. The van der Waals surface area contributed by atoms with Crippen LogP contribution in [0.3, 0.4) is 0 Å². The monoisotopic (exact) mass is 263 g/mol. The molecule has 2 N–H and O–H groups in total. The second kappa shape index (κ2) is 5.55. The lowest BCUT2D eigenvalue weighted by molar-refractivity contribution is 0.574. The standard InChI is InChI=1S/C11H15F2NO2S/c1-8(14)4-5-17(15,16)7-9-6-10(12)2-3-11(9)13/h2-3,6,8H,4-5,7,14H2,1H3. The zero-order valence-electron chi connectivity index (χ0n) is 9.49. The van der Waals surface area contributed by atoms with E-state index in [9.17, 15) is 17.2 Å². The van der Waals surface area contributed by atoms with Gasteiger partial charge in [-0.15, -0.1) is 0 Å². The zero-order chi connectivity index (χ0) is 13.1. The molecule has 0 aliphatic heterocycles. The Kier molecular flexibility index (Phi) is 4.59. The smallest absolute Gasteiger partial charge is 0.154 e. The van der Waals surface area contributed by atoms with Crippen LogP contribution in [-0.2, 0) is 15.6 Å². The van der Waals surface area contributed by atoms with Crippen LogP contribution in [0.5, 0.6) is 0 Å². The molecule has 1 aromatic carbocycles. The number of rotatable bonds is 5. The summed E-state index contributed by atoms with van der Waals surface area (Å²) in [5, 5.41) is 0. The number of hydrogen-bond acceptors (Lipinski definition) is 3. The van der Waals surface area contributed by atoms with Crippen molar-refractivity contribution in [2.45, 2.75) is 25.1 Å². The molecule has 0 saturated carbocycles. The summed E-state index contributed by atoms with van der Waals surface area (Å²) in [5.41, 5.74) is 5.30. The maximum Gasteiger partial charge on any atom is 0.154 e. The normalized spacial score (nSPS) is 13.6. The number of nitrogens with two attached hydrogens (primary N) is 1. The number of halogens is 2. The van der Waals surface area contributed by atoms with Crippen LogP contribution < -0.4 is 5.73 Å². The molecular weight excluding hydrogens is 248 g/mol. The summed E-state index contributed by atoms with van der Waals surface area (Å²) in [6.07, 6.45) is 0.305. The van der Waals surface area contributed by atoms with Crippen LogP contribution in [0, 0.1) is 11.6 Å². The summed E-state index contributed by atoms with van der Waals surface area (Å²) in [5.74, 6) is -1.98. The van der Waals surface area contributed by atoms with Crippen molar-refractivity contribution < 1.29 is 17.2 Å². The molecule has 1 atom stereocenters. The molecule has 1 rings (SSSR count). The molecule has 6 heteroatoms. The average Bonchev–Trinajstić information content (AvgIpc) is 2.20. The van der Waals surface area contributed by atoms with Gasteiger partial charge in [-0.1, -0.05) is 0 Å². The topological polar surface area (TPSA) is 60.2 Å². The van der Waals surface area contributed by atoms with Crippen LogP contribution in [0.25, 0.3) is 0 Å². The predicted octanol–water partition coefficient (Wildman–Crippen LogP) is 1.62. The molecule has 0 spiro atoms. The van der Waals surface area contributed by atoms with E-state index < -0.39 is 27.2 Å². The maximum atomic E-state index is 13.2. The molecule has 0 radical (unpaired) electrons. The van der Waals surface area contributed by atoms with Gasteiger partial charge < -0.3 is 5.73 Å². The van der Waals surface area contributed by atoms with Crippen molar-refractivity contribution in [3.63, 3.8) is 0 Å². The van der Waals surface area contributed by atoms with Gasteiger partial charge in [0.1, 0.15) is 11.6 Å². The number of sulfone groups is 1. The van der Waals surface area contributed by atoms with Gasteiger partial charge in [-0.05, 0) is 31.5 Å². The van der Waals surface area contributed by atoms with E-state index >= 15 is 0 Å². The first kappa shape index (κ1) is 14.1. The van der Waals surface area contributed by atoms with Gasteiger partial charge in [0.05, 0.1) is 11.5 Å². The Balaban J connectivity index is 2.79. The van der Waals surface area contributed by atoms with E-state index in [4.69, 9.17) is 5.73 Å². The summed E-state index contributed by atoms with van der Waals surface area (Å²) in [7, 11) is -3.46. The fourth-order valence-electron chi connectivity index (χ4n) is 1.33. The molecule has 0 fully saturated rings. The second-order valence-corrected chi connectivity index (χ2v) is 6.28. The number of hydrogen-bond donors (Lipinski definition) is 1. The van der Waals surface area contributed by atoms with Gasteiger partial charge in [-0.3, -0.25) is 0 Å². The molecule has 1 unspecified atom stereocenters. The molecule has 0 aliphatic carbocycles. The molecular formula is C11H15F2NO2S. The Morgan fingerprint density at radius 2 is 2.00 bits per heavy atom. The van der Waals surface area contributed by atoms with E-state index in [0.717, 1.165) is 18.2 Å². The Hall–Kier alpha value is -1.01. The van der Waals surface area contributed by atoms with Gasteiger partial charge in [-0.2, -0.15) is 0 Å². The molecule has 0 amide bonds. The van der Waals surface area contributed by atoms with Crippen LogP contribution >= 0.6 is 0 Å². The largest absolute Gasteiger partial charge is 0.328 e. The lowest BCUT2D eigenvalue weighted by Gasteiger charge is -2.07. The van der Waals surface area contributed by atoms with Crippen LogP contribution in [0.4, 0.5) is 8.78 Å². The van der Waals surface area contributed by atoms with Crippen LogP contribution in [0.15, 0.2) is 18.2 Å². The summed E-state index contributed by atoms with van der Waals surface area (Å²) in [6, 6.07) is 2.54. The van der Waals surface area contributed by atoms with Crippen molar-refractivity contribution in [2.75, 3.05) is 5.75 Å². The summed E-state index contributed by atoms with van der Waals surface area (Å²) in [4.78, 5) is 0. The fourth-order valence-corrected chi connectivity index (χ4v) is 2.90. The van der Waals surface area contributed by atoms with E-state index in [2.05, 4.69) is 0 Å². The van der Waals surface area contributed by atoms with E-state index in [0.29, 0.717) is 6.42 Å². The minimum Gasteiger partial charge on any atom is -0.328 e. The van der Waals surface area contributed by atoms with Gasteiger partial charge in [-0.25, -0.2) is 17.2 Å². The van der Waals surface area contributed by atoms with Crippen molar-refractivity contribution in [3.8, 4) is 0 Å². The third-order valence-electron chi connectivity index (χ3n) is 2.27. The quantitative estimate of drug-likeness (QED) is 0.878. The Labute approximate surface area is 99.6 Å². The molecule has 1 aromatic rings. The maximum absolute atomic E-state index is 13.2. The molecule has 0 heterocycles. The fraction of sp³-hybridized carbons (Fsp3) is 0.455. The third kappa shape index (κ3) is 4.79. The first-order valence-corrected chi connectivity index (χ1v) is 7.02. The summed E-state index contributed by atoms with van der Waals surface area (Å²) < 4.78 is 49.3. The highest BCUT2D eigenvalue weighted by Crippen LogP contribution is 2.14. The SMILES string of the molecule is CC(N)CCS(=O)(=O)Cc1cc(F)ccc1F. The van der Waals surface area contributed by atoms with Gasteiger partial charge in [0.2, 0.25) is 0 Å². The van der Waals surface area contributed by atoms with Crippen molar-refractivity contribution >= 4 is 9.84 Å². The summed E-state index contributed by atoms with van der Waals surface area (Å²) in [6.45, 7) is 1.69. The lowest BCUT2D eigenvalue weighted by Crippen LogP contribution is -2.21. The van der Waals surface area contributed by atoms with E-state index in [1.165, 1.54) is 0 Å².